The van der Waals surface area contributed by atoms with Gasteiger partial charge in [-0.2, -0.15) is 11.8 Å². The molecule has 0 bridgehead atoms. The maximum atomic E-state index is 10.1. The van der Waals surface area contributed by atoms with Gasteiger partial charge in [-0.15, -0.1) is 0 Å². The predicted molar refractivity (Wildman–Crippen MR) is 35.3 cm³/mol. The number of rotatable bonds is 3. The molecule has 0 aromatic heterocycles. The van der Waals surface area contributed by atoms with Gasteiger partial charge in [-0.1, -0.05) is 0 Å². The molecule has 2 N–H and O–H groups in total. The van der Waals surface area contributed by atoms with Crippen molar-refractivity contribution in [1.29, 1.82) is 0 Å². The van der Waals surface area contributed by atoms with Crippen LogP contribution in [0.1, 0.15) is 0 Å². The van der Waals surface area contributed by atoms with E-state index in [0.717, 1.165) is 0 Å². The Labute approximate surface area is 52.6 Å². The minimum atomic E-state index is -3.70. The van der Waals surface area contributed by atoms with Crippen molar-refractivity contribution >= 4 is 19.4 Å². The summed E-state index contributed by atoms with van der Waals surface area (Å²) in [5.41, 5.74) is 0. The van der Waals surface area contributed by atoms with Gasteiger partial charge in [-0.25, -0.2) is 0 Å². The van der Waals surface area contributed by atoms with E-state index in [-0.39, 0.29) is 6.16 Å². The first-order valence-corrected chi connectivity index (χ1v) is 5.29. The van der Waals surface area contributed by atoms with Crippen molar-refractivity contribution in [2.75, 3.05) is 18.2 Å². The molecule has 0 amide bonds. The highest BCUT2D eigenvalue weighted by Gasteiger charge is 2.09. The second-order valence-electron chi connectivity index (χ2n) is 1.38. The standard InChI is InChI=1S/C3H9O3PS/c1-8-3-2-7(4,5)6/h2-3H2,1H3,(H2,4,5,6). The van der Waals surface area contributed by atoms with Crippen LogP contribution in [-0.2, 0) is 4.57 Å². The molecule has 0 aromatic rings. The fourth-order valence-corrected chi connectivity index (χ4v) is 1.89. The molecule has 0 heterocycles. The normalized spacial score (nSPS) is 11.9. The van der Waals surface area contributed by atoms with Crippen LogP contribution < -0.4 is 0 Å². The van der Waals surface area contributed by atoms with Crippen LogP contribution in [0.25, 0.3) is 0 Å². The maximum absolute atomic E-state index is 10.1. The van der Waals surface area contributed by atoms with E-state index in [4.69, 9.17) is 9.79 Å². The molecule has 0 rings (SSSR count). The van der Waals surface area contributed by atoms with Gasteiger partial charge in [0.15, 0.2) is 0 Å². The Bertz CT molecular complexity index is 98.7. The SMILES string of the molecule is CSCCP(=O)(O)O. The minimum absolute atomic E-state index is 0.00579. The quantitative estimate of drug-likeness (QED) is 0.585. The fourth-order valence-electron chi connectivity index (χ4n) is 0.210. The van der Waals surface area contributed by atoms with Crippen LogP contribution >= 0.6 is 19.4 Å². The smallest absolute Gasteiger partial charge is 0.324 e. The number of hydrogen-bond donors (Lipinski definition) is 2. The van der Waals surface area contributed by atoms with Crippen LogP contribution in [0.2, 0.25) is 0 Å². The zero-order chi connectivity index (χ0) is 6.62. The van der Waals surface area contributed by atoms with Crippen molar-refractivity contribution in [2.45, 2.75) is 0 Å². The van der Waals surface area contributed by atoms with Crippen LogP contribution in [-0.4, -0.2) is 28.0 Å². The molecule has 0 aliphatic rings. The first-order valence-electron chi connectivity index (χ1n) is 2.10. The van der Waals surface area contributed by atoms with Crippen LogP contribution in [0.15, 0.2) is 0 Å². The summed E-state index contributed by atoms with van der Waals surface area (Å²) < 4.78 is 10.1. The summed E-state index contributed by atoms with van der Waals surface area (Å²) in [6, 6.07) is 0. The maximum Gasteiger partial charge on any atom is 0.326 e. The summed E-state index contributed by atoms with van der Waals surface area (Å²) in [5, 5.41) is 0. The Kier molecular flexibility index (Phi) is 3.73. The van der Waals surface area contributed by atoms with Crippen molar-refractivity contribution in [3.63, 3.8) is 0 Å². The van der Waals surface area contributed by atoms with E-state index < -0.39 is 7.60 Å². The van der Waals surface area contributed by atoms with Gasteiger partial charge in [0.05, 0.1) is 6.16 Å². The molecule has 5 heteroatoms. The van der Waals surface area contributed by atoms with Gasteiger partial charge in [0, 0.05) is 5.75 Å². The second kappa shape index (κ2) is 3.51. The summed E-state index contributed by atoms with van der Waals surface area (Å²) in [7, 11) is -3.70. The molecule has 0 saturated heterocycles. The van der Waals surface area contributed by atoms with E-state index >= 15 is 0 Å². The van der Waals surface area contributed by atoms with Gasteiger partial charge >= 0.3 is 7.60 Å². The molecule has 0 atom stereocenters. The average Bonchev–Trinajstić information content (AvgIpc) is 1.59. The molecular formula is C3H9O3PS. The first kappa shape index (κ1) is 8.50. The lowest BCUT2D eigenvalue weighted by Crippen LogP contribution is -1.88. The largest absolute Gasteiger partial charge is 0.326 e. The summed E-state index contributed by atoms with van der Waals surface area (Å²) in [6.07, 6.45) is 1.81. The van der Waals surface area contributed by atoms with E-state index in [0.29, 0.717) is 5.75 Å². The van der Waals surface area contributed by atoms with Crippen molar-refractivity contribution in [2.24, 2.45) is 0 Å². The summed E-state index contributed by atoms with van der Waals surface area (Å²) >= 11 is 1.44. The first-order chi connectivity index (χ1) is 3.56. The number of hydrogen-bond acceptors (Lipinski definition) is 2. The molecule has 50 valence electrons. The van der Waals surface area contributed by atoms with Crippen LogP contribution in [0.5, 0.6) is 0 Å². The van der Waals surface area contributed by atoms with Crippen LogP contribution in [0.4, 0.5) is 0 Å². The molecule has 0 fully saturated rings. The molecular weight excluding hydrogens is 147 g/mol. The van der Waals surface area contributed by atoms with Crippen molar-refractivity contribution in [1.82, 2.24) is 0 Å². The zero-order valence-corrected chi connectivity index (χ0v) is 6.28. The van der Waals surface area contributed by atoms with Gasteiger partial charge in [0.2, 0.25) is 0 Å². The van der Waals surface area contributed by atoms with E-state index in [9.17, 15) is 4.57 Å². The predicted octanol–water partition coefficient (Wildman–Crippen LogP) is 0.527. The Hall–Kier alpha value is 0.500. The molecule has 0 spiro atoms. The van der Waals surface area contributed by atoms with Gasteiger partial charge in [0.1, 0.15) is 0 Å². The van der Waals surface area contributed by atoms with Crippen LogP contribution in [0, 0.1) is 0 Å². The molecule has 0 radical (unpaired) electrons. The Morgan fingerprint density at radius 2 is 2.12 bits per heavy atom. The molecule has 0 saturated carbocycles. The minimum Gasteiger partial charge on any atom is -0.324 e. The van der Waals surface area contributed by atoms with E-state index in [1.54, 1.807) is 0 Å². The summed E-state index contributed by atoms with van der Waals surface area (Å²) in [5.74, 6) is 0.532. The lowest BCUT2D eigenvalue weighted by atomic mass is 11.0. The van der Waals surface area contributed by atoms with Gasteiger partial charge in [0.25, 0.3) is 0 Å². The van der Waals surface area contributed by atoms with Crippen molar-refractivity contribution in [3.8, 4) is 0 Å². The topological polar surface area (TPSA) is 57.5 Å². The molecule has 3 nitrogen and oxygen atoms in total. The molecule has 0 aromatic carbocycles. The van der Waals surface area contributed by atoms with Crippen molar-refractivity contribution in [3.05, 3.63) is 0 Å². The van der Waals surface area contributed by atoms with Crippen LogP contribution in [0.3, 0.4) is 0 Å². The molecule has 0 aliphatic carbocycles. The third-order valence-electron chi connectivity index (χ3n) is 0.587. The zero-order valence-electron chi connectivity index (χ0n) is 4.57. The fraction of sp³-hybridized carbons (Fsp3) is 1.00. The third-order valence-corrected chi connectivity index (χ3v) is 2.31. The second-order valence-corrected chi connectivity index (χ2v) is 4.14. The van der Waals surface area contributed by atoms with Gasteiger partial charge in [-0.3, -0.25) is 4.57 Å². The van der Waals surface area contributed by atoms with Gasteiger partial charge < -0.3 is 9.79 Å². The highest BCUT2D eigenvalue weighted by atomic mass is 32.2. The Morgan fingerprint density at radius 3 is 2.25 bits per heavy atom. The van der Waals surface area contributed by atoms with Crippen molar-refractivity contribution < 1.29 is 14.4 Å². The molecule has 8 heavy (non-hydrogen) atoms. The highest BCUT2D eigenvalue weighted by Crippen LogP contribution is 2.34. The highest BCUT2D eigenvalue weighted by molar-refractivity contribution is 7.98. The Morgan fingerprint density at radius 1 is 1.62 bits per heavy atom. The summed E-state index contributed by atoms with van der Waals surface area (Å²) in [6.45, 7) is 0. The van der Waals surface area contributed by atoms with E-state index in [1.807, 2.05) is 6.26 Å². The lowest BCUT2D eigenvalue weighted by molar-refractivity contribution is 0.375. The molecule has 0 aliphatic heterocycles. The van der Waals surface area contributed by atoms with E-state index in [1.165, 1.54) is 11.8 Å². The number of thioether (sulfide) groups is 1. The Balaban J connectivity index is 3.26. The monoisotopic (exact) mass is 156 g/mol. The molecule has 0 unspecified atom stereocenters. The lowest BCUT2D eigenvalue weighted by Gasteiger charge is -1.98. The third kappa shape index (κ3) is 6.50. The summed E-state index contributed by atoms with van der Waals surface area (Å²) in [4.78, 5) is 16.5. The van der Waals surface area contributed by atoms with Gasteiger partial charge in [-0.05, 0) is 6.26 Å². The van der Waals surface area contributed by atoms with E-state index in [2.05, 4.69) is 0 Å². The average molecular weight is 156 g/mol.